The zero-order valence-corrected chi connectivity index (χ0v) is 47.5. The van der Waals surface area contributed by atoms with Crippen LogP contribution in [-0.4, -0.2) is 276 Å². The lowest BCUT2D eigenvalue weighted by Crippen LogP contribution is -2.62. The van der Waals surface area contributed by atoms with Crippen molar-refractivity contribution in [2.75, 3.05) is 39.4 Å². The third-order valence-corrected chi connectivity index (χ3v) is 11.5. The molecule has 0 aromatic heterocycles. The second-order valence-electron chi connectivity index (χ2n) is 22.0. The van der Waals surface area contributed by atoms with Crippen LogP contribution in [0.3, 0.4) is 0 Å². The molecular weight excluding hydrogens is 1050 g/mol. The van der Waals surface area contributed by atoms with Gasteiger partial charge in [0.25, 0.3) is 0 Å². The molecule has 0 aliphatic carbocycles. The maximum atomic E-state index is 12.1. The Labute approximate surface area is 447 Å². The number of aliphatic carboxylic acids is 2. The average Bonchev–Trinajstić information content (AvgIpc) is 3.26. The predicted octanol–water partition coefficient (Wildman–Crippen LogP) is -2.70. The molecule has 0 aliphatic heterocycles. The summed E-state index contributed by atoms with van der Waals surface area (Å²) in [6.45, 7) is 26.3. The first-order valence-electron chi connectivity index (χ1n) is 24.2. The molecule has 0 heterocycles. The molecule has 0 aromatic rings. The molecule has 0 spiro atoms. The Bertz CT molecular complexity index is 1510. The molecular formula is C48H103BrN4O21. The molecule has 0 fully saturated rings. The molecule has 25 nitrogen and oxygen atoms in total. The van der Waals surface area contributed by atoms with Crippen LogP contribution < -0.4 is 5.32 Å². The minimum atomic E-state index is -2.76. The van der Waals surface area contributed by atoms with Crippen LogP contribution in [0.4, 0.5) is 0 Å². The molecule has 0 radical (unpaired) electrons. The Kier molecular flexibility index (Phi) is 39.8. The third-order valence-electron chi connectivity index (χ3n) is 11.1. The van der Waals surface area contributed by atoms with Crippen LogP contribution in [0, 0.1) is 0 Å². The fraction of sp³-hybridized carbons (Fsp3) is 0.938. The number of carboxylic acid groups (broad SMARTS) is 2. The second kappa shape index (κ2) is 36.3. The number of carboxylic acids is 2. The molecule has 14 atom stereocenters. The highest BCUT2D eigenvalue weighted by Gasteiger charge is 2.43. The van der Waals surface area contributed by atoms with E-state index in [2.05, 4.69) is 21.2 Å². The molecule has 0 saturated heterocycles. The van der Waals surface area contributed by atoms with E-state index < -0.39 is 145 Å². The molecule has 74 heavy (non-hydrogen) atoms. The summed E-state index contributed by atoms with van der Waals surface area (Å²) in [7, 11) is 0. The summed E-state index contributed by atoms with van der Waals surface area (Å²) >= 11 is 3.18. The number of hydrogen-bond donors (Lipinski definition) is 19. The largest absolute Gasteiger partial charge is 0.481 e. The Morgan fingerprint density at radius 1 is 0.527 bits per heavy atom. The number of halogens is 1. The highest BCUT2D eigenvalue weighted by molar-refractivity contribution is 9.10. The number of alkyl halides is 1. The van der Waals surface area contributed by atoms with E-state index in [1.54, 1.807) is 46.4 Å². The number of amides is 1. The van der Waals surface area contributed by atoms with Crippen LogP contribution in [0.1, 0.15) is 137 Å². The van der Waals surface area contributed by atoms with Gasteiger partial charge < -0.3 is 102 Å². The minimum absolute atomic E-state index is 0. The SMILES string of the molecule is C.CC(Br)C(=O)N(CC(O)C(O)C(O)CO)C(C)(C)C.CC(C)(C)N(CC(O)C(O)C(O)CO)C(O)(O)CC(=O)O.CCC(O)C(O)C(O)CN(C(C)C(=O)O)C(C)(C)C.CCC(O)C(O)C(O)CNC(C)(C)C. The van der Waals surface area contributed by atoms with Crippen LogP contribution in [0.5, 0.6) is 0 Å². The summed E-state index contributed by atoms with van der Waals surface area (Å²) in [5.74, 6) is -5.43. The monoisotopic (exact) mass is 1150 g/mol. The summed E-state index contributed by atoms with van der Waals surface area (Å²) < 4.78 is 0. The van der Waals surface area contributed by atoms with E-state index in [0.29, 0.717) is 12.8 Å². The van der Waals surface area contributed by atoms with Crippen molar-refractivity contribution < 1.29 is 106 Å². The number of nitrogens with zero attached hydrogens (tertiary/aromatic N) is 3. The fourth-order valence-electron chi connectivity index (χ4n) is 6.47. The summed E-state index contributed by atoms with van der Waals surface area (Å²) in [6.07, 6.45) is -15.8. The van der Waals surface area contributed by atoms with Gasteiger partial charge in [-0.05, 0) is 110 Å². The summed E-state index contributed by atoms with van der Waals surface area (Å²) in [5.41, 5.74) is -2.07. The van der Waals surface area contributed by atoms with E-state index in [1.165, 1.54) is 11.8 Å². The number of hydrogen-bond acceptors (Lipinski definition) is 22. The smallest absolute Gasteiger partial charge is 0.320 e. The molecule has 0 bridgehead atoms. The van der Waals surface area contributed by atoms with Gasteiger partial charge in [-0.25, -0.2) is 4.90 Å². The van der Waals surface area contributed by atoms with Crippen molar-refractivity contribution in [1.82, 2.24) is 20.0 Å². The molecule has 0 rings (SSSR count). The lowest BCUT2D eigenvalue weighted by atomic mass is 9.99. The Hall–Kier alpha value is -1.87. The lowest BCUT2D eigenvalue weighted by molar-refractivity contribution is -0.294. The van der Waals surface area contributed by atoms with Gasteiger partial charge in [0.2, 0.25) is 11.8 Å². The number of aliphatic hydroxyl groups excluding tert-OH is 14. The quantitative estimate of drug-likeness (QED) is 0.0310. The number of carbonyl (C=O) groups is 3. The molecule has 14 unspecified atom stereocenters. The van der Waals surface area contributed by atoms with Gasteiger partial charge in [-0.2, -0.15) is 0 Å². The first-order chi connectivity index (χ1) is 32.6. The summed E-state index contributed by atoms with van der Waals surface area (Å²) in [5, 5.41) is 173. The van der Waals surface area contributed by atoms with Gasteiger partial charge in [-0.15, -0.1) is 0 Å². The Balaban J connectivity index is -0.000000287. The minimum Gasteiger partial charge on any atom is -0.481 e. The maximum Gasteiger partial charge on any atom is 0.320 e. The average molecular weight is 1150 g/mol. The van der Waals surface area contributed by atoms with Gasteiger partial charge in [-0.3, -0.25) is 19.3 Å². The van der Waals surface area contributed by atoms with E-state index in [0.717, 1.165) is 4.90 Å². The van der Waals surface area contributed by atoms with Crippen molar-refractivity contribution in [3.63, 3.8) is 0 Å². The molecule has 26 heteroatoms. The highest BCUT2D eigenvalue weighted by Crippen LogP contribution is 2.26. The normalized spacial score (nSPS) is 18.3. The summed E-state index contributed by atoms with van der Waals surface area (Å²) in [4.78, 5) is 37.3. The van der Waals surface area contributed by atoms with Crippen LogP contribution in [0.2, 0.25) is 0 Å². The van der Waals surface area contributed by atoms with E-state index in [4.69, 9.17) is 20.4 Å². The van der Waals surface area contributed by atoms with Crippen molar-refractivity contribution in [1.29, 1.82) is 0 Å². The topological polar surface area (TPSA) is 437 Å². The third kappa shape index (κ3) is 32.8. The van der Waals surface area contributed by atoms with Crippen molar-refractivity contribution in [2.45, 2.75) is 250 Å². The number of β-amino-alcohol motifs (C(OH)–C–C–N with tert-alkyl or cyclic N) is 4. The molecule has 448 valence electrons. The predicted molar refractivity (Wildman–Crippen MR) is 281 cm³/mol. The number of rotatable bonds is 26. The second-order valence-corrected chi connectivity index (χ2v) is 23.4. The van der Waals surface area contributed by atoms with E-state index in [1.807, 2.05) is 62.3 Å². The van der Waals surface area contributed by atoms with E-state index in [-0.39, 0.29) is 38.5 Å². The van der Waals surface area contributed by atoms with Gasteiger partial charge >= 0.3 is 11.9 Å². The Morgan fingerprint density at radius 2 is 0.878 bits per heavy atom. The van der Waals surface area contributed by atoms with Crippen molar-refractivity contribution in [2.24, 2.45) is 0 Å². The van der Waals surface area contributed by atoms with Crippen molar-refractivity contribution in [3.8, 4) is 0 Å². The lowest BCUT2D eigenvalue weighted by Gasteiger charge is -2.44. The van der Waals surface area contributed by atoms with E-state index in [9.17, 15) is 85.9 Å². The Morgan fingerprint density at radius 3 is 1.16 bits per heavy atom. The van der Waals surface area contributed by atoms with Crippen LogP contribution in [-0.2, 0) is 14.4 Å². The molecule has 0 aromatic carbocycles. The first kappa shape index (κ1) is 81.0. The number of nitrogens with one attached hydrogen (secondary N) is 1. The molecule has 0 aliphatic rings. The van der Waals surface area contributed by atoms with Gasteiger partial charge in [0, 0.05) is 48.3 Å². The van der Waals surface area contributed by atoms with Gasteiger partial charge in [0.1, 0.15) is 55.2 Å². The first-order valence-corrected chi connectivity index (χ1v) is 25.1. The van der Waals surface area contributed by atoms with E-state index >= 15 is 0 Å². The molecule has 0 saturated carbocycles. The number of carbonyl (C=O) groups excluding carboxylic acids is 1. The highest BCUT2D eigenvalue weighted by atomic mass is 79.9. The van der Waals surface area contributed by atoms with Crippen molar-refractivity contribution in [3.05, 3.63) is 0 Å². The van der Waals surface area contributed by atoms with Gasteiger partial charge in [-0.1, -0.05) is 37.2 Å². The zero-order chi connectivity index (χ0) is 59.1. The van der Waals surface area contributed by atoms with Crippen LogP contribution >= 0.6 is 15.9 Å². The number of aliphatic hydroxyl groups is 16. The van der Waals surface area contributed by atoms with Crippen LogP contribution in [0.25, 0.3) is 0 Å². The standard InChI is InChI=1S/C13H27NO5.C12H24BrNO5.C12H25NO8.C10H23NO3.CH4/c1-6-9(15)11(17)10(16)7-14(13(3,4)5)8(2)12(18)19;1-7(13)11(19)14(12(2,3)4)5-8(16)10(18)9(17)6-15;1-11(2,3)13(12(20,21)4-9(17)18)5-7(15)10(19)8(16)6-14;1-5-7(12)9(14)8(13)6-11-10(2,3)4;/h8-11,15-17H,6-7H2,1-5H3,(H,18,19);7-10,15-18H,5-6H2,1-4H3;7-8,10,14-16,19-21H,4-6H2,1-3H3,(H,17,18);7-9,11-14H,5-6H2,1-4H3;1H4. The maximum absolute atomic E-state index is 12.1. The molecule has 1 amide bonds. The van der Waals surface area contributed by atoms with Gasteiger partial charge in [0.15, 0.2) is 0 Å². The van der Waals surface area contributed by atoms with Gasteiger partial charge in [0.05, 0.1) is 48.6 Å². The fourth-order valence-corrected chi connectivity index (χ4v) is 6.71. The van der Waals surface area contributed by atoms with Crippen LogP contribution in [0.15, 0.2) is 0 Å². The van der Waals surface area contributed by atoms with Crippen molar-refractivity contribution >= 4 is 33.8 Å². The summed E-state index contributed by atoms with van der Waals surface area (Å²) in [6, 6.07) is -0.791. The molecule has 19 N–H and O–H groups in total. The zero-order valence-electron chi connectivity index (χ0n) is 45.9.